The minimum absolute atomic E-state index is 0.159. The monoisotopic (exact) mass is 441 g/mol. The molecule has 1 saturated carbocycles. The molecule has 172 valence electrons. The lowest BCUT2D eigenvalue weighted by atomic mass is 9.86. The van der Waals surface area contributed by atoms with E-state index in [4.69, 9.17) is 5.73 Å². The first-order valence-corrected chi connectivity index (χ1v) is 12.5. The van der Waals surface area contributed by atoms with Gasteiger partial charge in [0.1, 0.15) is 0 Å². The zero-order chi connectivity index (χ0) is 22.6. The zero-order valence-corrected chi connectivity index (χ0v) is 19.4. The van der Waals surface area contributed by atoms with Crippen molar-refractivity contribution in [3.05, 3.63) is 76.4 Å². The Labute approximate surface area is 197 Å². The minimum atomic E-state index is 0.159. The maximum absolute atomic E-state index is 12.5. The summed E-state index contributed by atoms with van der Waals surface area (Å²) in [6.45, 7) is 3.76. The topological polar surface area (TPSA) is 58.4 Å². The summed E-state index contributed by atoms with van der Waals surface area (Å²) < 4.78 is 0. The molecule has 1 amide bonds. The number of rotatable bonds is 4. The van der Waals surface area contributed by atoms with Gasteiger partial charge in [0.2, 0.25) is 5.91 Å². The van der Waals surface area contributed by atoms with Gasteiger partial charge in [-0.2, -0.15) is 0 Å². The predicted molar refractivity (Wildman–Crippen MR) is 136 cm³/mol. The minimum Gasteiger partial charge on any atom is -0.355 e. The Bertz CT molecular complexity index is 1000. The van der Waals surface area contributed by atoms with E-state index in [9.17, 15) is 4.79 Å². The molecule has 4 heteroatoms. The molecule has 2 aromatic rings. The van der Waals surface area contributed by atoms with Gasteiger partial charge < -0.3 is 16.0 Å². The summed E-state index contributed by atoms with van der Waals surface area (Å²) in [4.78, 5) is 15.0. The molecule has 0 atom stereocenters. The molecule has 33 heavy (non-hydrogen) atoms. The van der Waals surface area contributed by atoms with Crippen molar-refractivity contribution in [2.75, 3.05) is 26.2 Å². The number of carbonyl (C=O) groups excluding carboxylic acids is 1. The lowest BCUT2D eigenvalue weighted by Crippen LogP contribution is -2.41. The lowest BCUT2D eigenvalue weighted by molar-refractivity contribution is -0.126. The summed E-state index contributed by atoms with van der Waals surface area (Å²) in [6.07, 6.45) is 10.5. The quantitative estimate of drug-likeness (QED) is 0.617. The molecule has 2 fully saturated rings. The maximum Gasteiger partial charge on any atom is 0.223 e. The van der Waals surface area contributed by atoms with Gasteiger partial charge in [0.05, 0.1) is 0 Å². The largest absolute Gasteiger partial charge is 0.355 e. The molecule has 0 radical (unpaired) electrons. The number of fused-ring (bicyclic) bond motifs is 2. The second kappa shape index (κ2) is 10.1. The Kier molecular flexibility index (Phi) is 6.75. The summed E-state index contributed by atoms with van der Waals surface area (Å²) in [5, 5.41) is 3.18. The first-order valence-electron chi connectivity index (χ1n) is 12.5. The van der Waals surface area contributed by atoms with E-state index in [1.165, 1.54) is 27.8 Å². The van der Waals surface area contributed by atoms with Crippen LogP contribution in [0.1, 0.15) is 60.8 Å². The Morgan fingerprint density at radius 2 is 1.45 bits per heavy atom. The van der Waals surface area contributed by atoms with Crippen molar-refractivity contribution in [3.63, 3.8) is 0 Å². The highest BCUT2D eigenvalue weighted by Crippen LogP contribution is 2.38. The normalized spacial score (nSPS) is 22.9. The van der Waals surface area contributed by atoms with Crippen molar-refractivity contribution >= 4 is 23.6 Å². The molecule has 0 unspecified atom stereocenters. The van der Waals surface area contributed by atoms with Crippen LogP contribution in [0.15, 0.2) is 54.1 Å². The predicted octanol–water partition coefficient (Wildman–Crippen LogP) is 4.70. The van der Waals surface area contributed by atoms with Crippen LogP contribution in [-0.4, -0.2) is 43.0 Å². The third-order valence-electron chi connectivity index (χ3n) is 7.59. The fourth-order valence-corrected chi connectivity index (χ4v) is 5.61. The van der Waals surface area contributed by atoms with E-state index < -0.39 is 0 Å². The smallest absolute Gasteiger partial charge is 0.223 e. The van der Waals surface area contributed by atoms with E-state index in [2.05, 4.69) is 70.9 Å². The number of carbonyl (C=O) groups is 1. The van der Waals surface area contributed by atoms with Gasteiger partial charge in [0.25, 0.3) is 0 Å². The van der Waals surface area contributed by atoms with E-state index in [1.807, 2.05) is 0 Å². The first-order chi connectivity index (χ1) is 16.2. The van der Waals surface area contributed by atoms with E-state index >= 15 is 0 Å². The van der Waals surface area contributed by atoms with Crippen LogP contribution in [-0.2, 0) is 4.79 Å². The molecule has 2 aromatic carbocycles. The summed E-state index contributed by atoms with van der Waals surface area (Å²) in [5.41, 5.74) is 14.2. The van der Waals surface area contributed by atoms with Gasteiger partial charge in [-0.1, -0.05) is 66.3 Å². The third kappa shape index (κ3) is 4.97. The van der Waals surface area contributed by atoms with Crippen molar-refractivity contribution < 1.29 is 4.79 Å². The summed E-state index contributed by atoms with van der Waals surface area (Å²) in [6, 6.07) is 17.8. The molecule has 2 aliphatic carbocycles. The van der Waals surface area contributed by atoms with E-state index in [-0.39, 0.29) is 17.9 Å². The third-order valence-corrected chi connectivity index (χ3v) is 7.59. The lowest BCUT2D eigenvalue weighted by Gasteiger charge is -2.31. The van der Waals surface area contributed by atoms with Gasteiger partial charge in [0, 0.05) is 38.1 Å². The average molecular weight is 442 g/mol. The molecular weight excluding hydrogens is 406 g/mol. The molecule has 3 N–H and O–H groups in total. The highest BCUT2D eigenvalue weighted by atomic mass is 16.1. The van der Waals surface area contributed by atoms with Crippen LogP contribution in [0.4, 0.5) is 0 Å². The Morgan fingerprint density at radius 1 is 0.879 bits per heavy atom. The molecule has 5 rings (SSSR count). The molecule has 0 bridgehead atoms. The number of nitrogens with one attached hydrogen (secondary N) is 1. The highest BCUT2D eigenvalue weighted by Gasteiger charge is 2.25. The number of amides is 1. The fraction of sp³-hybridized carbons (Fsp3) is 0.414. The molecular formula is C29H35N3O. The van der Waals surface area contributed by atoms with Gasteiger partial charge in [-0.3, -0.25) is 4.79 Å². The summed E-state index contributed by atoms with van der Waals surface area (Å²) in [5.74, 6) is 0.382. The highest BCUT2D eigenvalue weighted by molar-refractivity contribution is 5.94. The number of benzene rings is 2. The van der Waals surface area contributed by atoms with Crippen LogP contribution >= 0.6 is 0 Å². The molecule has 1 heterocycles. The van der Waals surface area contributed by atoms with Crippen LogP contribution in [0.3, 0.4) is 0 Å². The average Bonchev–Trinajstić information content (AvgIpc) is 3.02. The van der Waals surface area contributed by atoms with E-state index in [0.29, 0.717) is 0 Å². The van der Waals surface area contributed by atoms with Crippen LogP contribution in [0, 0.1) is 5.92 Å². The first kappa shape index (κ1) is 22.1. The molecule has 0 spiro atoms. The molecule has 0 aromatic heterocycles. The number of nitrogens with two attached hydrogens (primary N) is 1. The van der Waals surface area contributed by atoms with Crippen LogP contribution < -0.4 is 11.1 Å². The SMILES string of the molecule is NC1CCC(C(=O)NCCN2CCC(=C3c4ccccc4C=Cc4ccccc43)CC2)CC1. The van der Waals surface area contributed by atoms with Gasteiger partial charge in [0.15, 0.2) is 0 Å². The number of nitrogens with zero attached hydrogens (tertiary/aromatic N) is 1. The van der Waals surface area contributed by atoms with E-state index in [0.717, 1.165) is 64.7 Å². The second-order valence-electron chi connectivity index (χ2n) is 9.73. The number of hydrogen-bond donors (Lipinski definition) is 2. The van der Waals surface area contributed by atoms with Crippen molar-refractivity contribution in [2.45, 2.75) is 44.6 Å². The Hall–Kier alpha value is -2.69. The number of hydrogen-bond acceptors (Lipinski definition) is 3. The Morgan fingerprint density at radius 3 is 2.06 bits per heavy atom. The van der Waals surface area contributed by atoms with Gasteiger partial charge in [-0.15, -0.1) is 0 Å². The molecule has 1 aliphatic heterocycles. The maximum atomic E-state index is 12.5. The summed E-state index contributed by atoms with van der Waals surface area (Å²) in [7, 11) is 0. The molecule has 4 nitrogen and oxygen atoms in total. The Balaban J connectivity index is 1.23. The number of likely N-dealkylation sites (tertiary alicyclic amines) is 1. The van der Waals surface area contributed by atoms with Crippen LogP contribution in [0.25, 0.3) is 17.7 Å². The zero-order valence-electron chi connectivity index (χ0n) is 19.4. The van der Waals surface area contributed by atoms with Gasteiger partial charge >= 0.3 is 0 Å². The number of piperidine rings is 1. The molecule has 1 saturated heterocycles. The van der Waals surface area contributed by atoms with Gasteiger partial charge in [-0.25, -0.2) is 0 Å². The van der Waals surface area contributed by atoms with Crippen molar-refractivity contribution in [3.8, 4) is 0 Å². The molecule has 3 aliphatic rings. The second-order valence-corrected chi connectivity index (χ2v) is 9.73. The van der Waals surface area contributed by atoms with Crippen LogP contribution in [0.2, 0.25) is 0 Å². The fourth-order valence-electron chi connectivity index (χ4n) is 5.61. The van der Waals surface area contributed by atoms with Crippen molar-refractivity contribution in [2.24, 2.45) is 11.7 Å². The summed E-state index contributed by atoms with van der Waals surface area (Å²) >= 11 is 0. The van der Waals surface area contributed by atoms with Gasteiger partial charge in [-0.05, 0) is 66.4 Å². The standard InChI is InChI=1S/C29H35N3O/c30-25-13-11-24(12-14-25)29(33)31-17-20-32-18-15-23(16-19-32)28-26-7-3-1-5-21(26)9-10-22-6-2-4-8-27(22)28/h1-10,24-25H,11-20,30H2,(H,31,33). The van der Waals surface area contributed by atoms with Crippen molar-refractivity contribution in [1.82, 2.24) is 10.2 Å². The van der Waals surface area contributed by atoms with Crippen LogP contribution in [0.5, 0.6) is 0 Å². The van der Waals surface area contributed by atoms with E-state index in [1.54, 1.807) is 5.57 Å². The van der Waals surface area contributed by atoms with Crippen molar-refractivity contribution in [1.29, 1.82) is 0 Å².